The zero-order valence-corrected chi connectivity index (χ0v) is 21.8. The Morgan fingerprint density at radius 2 is 1.89 bits per heavy atom. The Morgan fingerprint density at radius 1 is 1.14 bits per heavy atom. The second-order valence-corrected chi connectivity index (χ2v) is 9.01. The maximum atomic E-state index is 14.4. The summed E-state index contributed by atoms with van der Waals surface area (Å²) in [6.07, 6.45) is 2.00. The normalized spacial score (nSPS) is 18.9. The number of nitrogens with zero attached hydrogens (tertiary/aromatic N) is 3. The van der Waals surface area contributed by atoms with Gasteiger partial charge in [0.2, 0.25) is 5.88 Å². The van der Waals surface area contributed by atoms with E-state index in [2.05, 4.69) is 10.1 Å². The average Bonchev–Trinajstić information content (AvgIpc) is 2.87. The van der Waals surface area contributed by atoms with E-state index >= 15 is 0 Å². The van der Waals surface area contributed by atoms with Gasteiger partial charge in [0.1, 0.15) is 18.2 Å². The molecule has 4 N–H and O–H groups in total. The number of aromatic nitrogens is 1. The number of rotatable bonds is 8. The number of benzene rings is 1. The maximum Gasteiger partial charge on any atom is 0.213 e. The molecule has 1 unspecified atom stereocenters. The van der Waals surface area contributed by atoms with Crippen molar-refractivity contribution in [2.24, 2.45) is 21.6 Å². The number of hydrogen-bond acceptors (Lipinski definition) is 7. The lowest BCUT2D eigenvalue weighted by atomic mass is 9.76. The summed E-state index contributed by atoms with van der Waals surface area (Å²) in [6.45, 7) is 8.75. The molecular weight excluding hydrogens is 457 g/mol. The quantitative estimate of drug-likeness (QED) is 0.374. The van der Waals surface area contributed by atoms with Crippen molar-refractivity contribution >= 4 is 11.4 Å². The molecule has 0 aliphatic heterocycles. The van der Waals surface area contributed by atoms with Gasteiger partial charge in [-0.25, -0.2) is 14.4 Å². The molecule has 1 aromatic carbocycles. The third kappa shape index (κ3) is 6.37. The molecule has 1 saturated carbocycles. The minimum atomic E-state index is -0.334. The standard InChI is InChI=1S/C28H36FN5O2/c1-6-18(4)28(31)33-24-14-19(15-25(27(24)17(2)3)34-36-13-12-30)21-11-10-20(29)16-22(21)23-8-7-9-26(32-23)35-5/h7-11,16,19H,6,12-15,30-31H2,1-5H3/b28-18+,33-24-,34-25+. The first-order valence-electron chi connectivity index (χ1n) is 12.2. The molecule has 1 aromatic heterocycles. The smallest absolute Gasteiger partial charge is 0.213 e. The number of hydrogen-bond donors (Lipinski definition) is 2. The predicted molar refractivity (Wildman–Crippen MR) is 144 cm³/mol. The largest absolute Gasteiger partial charge is 0.481 e. The molecule has 0 spiro atoms. The summed E-state index contributed by atoms with van der Waals surface area (Å²) in [5.74, 6) is 0.582. The summed E-state index contributed by atoms with van der Waals surface area (Å²) >= 11 is 0. The molecule has 0 bridgehead atoms. The zero-order chi connectivity index (χ0) is 26.2. The number of allylic oxidation sites excluding steroid dienone is 3. The highest BCUT2D eigenvalue weighted by Crippen LogP contribution is 2.39. The van der Waals surface area contributed by atoms with Crippen molar-refractivity contribution in [3.05, 3.63) is 70.3 Å². The predicted octanol–water partition coefficient (Wildman–Crippen LogP) is 5.48. The van der Waals surface area contributed by atoms with E-state index in [-0.39, 0.29) is 11.7 Å². The van der Waals surface area contributed by atoms with Gasteiger partial charge in [0, 0.05) is 30.2 Å². The minimum absolute atomic E-state index is 0.0505. The lowest BCUT2D eigenvalue weighted by molar-refractivity contribution is 0.151. The monoisotopic (exact) mass is 493 g/mol. The van der Waals surface area contributed by atoms with Crippen LogP contribution in [0.25, 0.3) is 11.3 Å². The molecule has 192 valence electrons. The van der Waals surface area contributed by atoms with Crippen LogP contribution in [0.5, 0.6) is 5.88 Å². The van der Waals surface area contributed by atoms with Crippen molar-refractivity contribution in [3.8, 4) is 17.1 Å². The molecule has 0 amide bonds. The van der Waals surface area contributed by atoms with E-state index in [1.165, 1.54) is 12.1 Å². The van der Waals surface area contributed by atoms with Crippen LogP contribution in [-0.4, -0.2) is 36.7 Å². The number of pyridine rings is 1. The lowest BCUT2D eigenvalue weighted by Gasteiger charge is -2.29. The molecule has 0 radical (unpaired) electrons. The molecule has 8 heteroatoms. The molecule has 0 saturated heterocycles. The van der Waals surface area contributed by atoms with Gasteiger partial charge >= 0.3 is 0 Å². The van der Waals surface area contributed by atoms with Crippen LogP contribution in [0, 0.1) is 5.82 Å². The van der Waals surface area contributed by atoms with Crippen molar-refractivity contribution in [1.82, 2.24) is 4.98 Å². The molecule has 1 atom stereocenters. The van der Waals surface area contributed by atoms with Gasteiger partial charge in [0.15, 0.2) is 0 Å². The molecular formula is C28H36FN5O2. The summed E-state index contributed by atoms with van der Waals surface area (Å²) in [5, 5.41) is 4.45. The first-order chi connectivity index (χ1) is 17.3. The first kappa shape index (κ1) is 27.1. The fraction of sp³-hybridized carbons (Fsp3) is 0.393. The number of halogens is 1. The van der Waals surface area contributed by atoms with Crippen LogP contribution in [0.1, 0.15) is 58.4 Å². The van der Waals surface area contributed by atoms with Crippen molar-refractivity contribution in [2.45, 2.75) is 52.9 Å². The van der Waals surface area contributed by atoms with Gasteiger partial charge in [-0.3, -0.25) is 0 Å². The van der Waals surface area contributed by atoms with Crippen LogP contribution in [-0.2, 0) is 4.84 Å². The molecule has 3 rings (SSSR count). The first-order valence-corrected chi connectivity index (χ1v) is 12.2. The van der Waals surface area contributed by atoms with Gasteiger partial charge in [-0.15, -0.1) is 0 Å². The van der Waals surface area contributed by atoms with Gasteiger partial charge in [-0.05, 0) is 68.9 Å². The van der Waals surface area contributed by atoms with E-state index in [1.54, 1.807) is 13.2 Å². The number of methoxy groups -OCH3 is 1. The fourth-order valence-corrected chi connectivity index (χ4v) is 4.27. The zero-order valence-electron chi connectivity index (χ0n) is 21.8. The highest BCUT2D eigenvalue weighted by Gasteiger charge is 2.32. The topological polar surface area (TPSA) is 108 Å². The van der Waals surface area contributed by atoms with Gasteiger partial charge < -0.3 is 21.0 Å². The molecule has 1 heterocycles. The summed E-state index contributed by atoms with van der Waals surface area (Å²) < 4.78 is 19.7. The number of aliphatic imine (C=N–C) groups is 1. The minimum Gasteiger partial charge on any atom is -0.481 e. The Morgan fingerprint density at radius 3 is 2.56 bits per heavy atom. The number of nitrogens with two attached hydrogens (primary N) is 2. The van der Waals surface area contributed by atoms with Crippen molar-refractivity contribution in [3.63, 3.8) is 0 Å². The summed E-state index contributed by atoms with van der Waals surface area (Å²) in [6, 6.07) is 10.3. The molecule has 1 aliphatic carbocycles. The van der Waals surface area contributed by atoms with Gasteiger partial charge in [0.05, 0.1) is 24.2 Å². The molecule has 1 fully saturated rings. The third-order valence-electron chi connectivity index (χ3n) is 6.23. The Balaban J connectivity index is 2.18. The van der Waals surface area contributed by atoms with Crippen LogP contribution >= 0.6 is 0 Å². The Bertz CT molecular complexity index is 1210. The van der Waals surface area contributed by atoms with Crippen LogP contribution in [0.2, 0.25) is 0 Å². The van der Waals surface area contributed by atoms with Crippen molar-refractivity contribution in [1.29, 1.82) is 0 Å². The molecule has 36 heavy (non-hydrogen) atoms. The van der Waals surface area contributed by atoms with Gasteiger partial charge in [-0.1, -0.05) is 29.8 Å². The second kappa shape index (κ2) is 12.4. The third-order valence-corrected chi connectivity index (χ3v) is 6.23. The Kier molecular flexibility index (Phi) is 9.36. The highest BCUT2D eigenvalue weighted by atomic mass is 19.1. The van der Waals surface area contributed by atoms with E-state index in [4.69, 9.17) is 26.0 Å². The Labute approximate surface area is 212 Å². The molecule has 1 aliphatic rings. The van der Waals surface area contributed by atoms with E-state index in [1.807, 2.05) is 45.9 Å². The Hall–Kier alpha value is -3.52. The number of oxime groups is 1. The summed E-state index contributed by atoms with van der Waals surface area (Å²) in [5.41, 5.74) is 18.9. The SMILES string of the molecule is CC/C(C)=C(N)/N=C1/CC(c2ccc(F)cc2-c2cccc(OC)n2)C/C(=N\OCCN)C1=C(C)C. The van der Waals surface area contributed by atoms with E-state index < -0.39 is 0 Å². The number of ether oxygens (including phenoxy) is 1. The van der Waals surface area contributed by atoms with E-state index in [0.717, 1.165) is 40.1 Å². The maximum absolute atomic E-state index is 14.4. The van der Waals surface area contributed by atoms with Crippen LogP contribution < -0.4 is 16.2 Å². The fourth-order valence-electron chi connectivity index (χ4n) is 4.27. The second-order valence-electron chi connectivity index (χ2n) is 9.01. The lowest BCUT2D eigenvalue weighted by Crippen LogP contribution is -2.27. The molecule has 7 nitrogen and oxygen atoms in total. The van der Waals surface area contributed by atoms with Crippen LogP contribution in [0.15, 0.2) is 69.1 Å². The van der Waals surface area contributed by atoms with Gasteiger partial charge in [-0.2, -0.15) is 0 Å². The summed E-state index contributed by atoms with van der Waals surface area (Å²) in [7, 11) is 1.56. The van der Waals surface area contributed by atoms with Gasteiger partial charge in [0.25, 0.3) is 0 Å². The van der Waals surface area contributed by atoms with E-state index in [9.17, 15) is 4.39 Å². The van der Waals surface area contributed by atoms with Crippen molar-refractivity contribution < 1.29 is 14.0 Å². The van der Waals surface area contributed by atoms with E-state index in [0.29, 0.717) is 49.0 Å². The summed E-state index contributed by atoms with van der Waals surface area (Å²) in [4.78, 5) is 14.9. The van der Waals surface area contributed by atoms with Crippen molar-refractivity contribution in [2.75, 3.05) is 20.3 Å². The average molecular weight is 494 g/mol. The van der Waals surface area contributed by atoms with Crippen LogP contribution in [0.3, 0.4) is 0 Å². The highest BCUT2D eigenvalue weighted by molar-refractivity contribution is 6.27. The van der Waals surface area contributed by atoms with Crippen LogP contribution in [0.4, 0.5) is 4.39 Å². The molecule has 2 aromatic rings.